The van der Waals surface area contributed by atoms with Crippen molar-refractivity contribution in [3.63, 3.8) is 0 Å². The second-order valence-electron chi connectivity index (χ2n) is 4.23. The molecular formula is C12H18N2O3. The second-order valence-corrected chi connectivity index (χ2v) is 4.23. The maximum Gasteiger partial charge on any atom is 0.129 e. The molecule has 0 amide bonds. The number of ether oxygens (including phenoxy) is 1. The maximum atomic E-state index is 9.55. The molecule has 1 aromatic heterocycles. The first-order valence-corrected chi connectivity index (χ1v) is 5.81. The van der Waals surface area contributed by atoms with Gasteiger partial charge in [0.15, 0.2) is 0 Å². The van der Waals surface area contributed by atoms with Crippen LogP contribution in [0.1, 0.15) is 18.6 Å². The standard InChI is InChI=1S/C12H18N2O3/c1-9(16)10-2-3-13-12(6-10)14-4-5-17-8-11(14)7-15/h2-3,6,9,11,15-16H,4-5,7-8H2,1H3/t9-,11?/m0/s1. The summed E-state index contributed by atoms with van der Waals surface area (Å²) in [6, 6.07) is 3.60. The minimum Gasteiger partial charge on any atom is -0.394 e. The lowest BCUT2D eigenvalue weighted by atomic mass is 10.1. The van der Waals surface area contributed by atoms with Crippen molar-refractivity contribution in [2.75, 3.05) is 31.3 Å². The van der Waals surface area contributed by atoms with Gasteiger partial charge in [-0.05, 0) is 24.6 Å². The summed E-state index contributed by atoms with van der Waals surface area (Å²) in [5.74, 6) is 0.783. The molecule has 2 N–H and O–H groups in total. The molecule has 0 spiro atoms. The molecule has 1 aliphatic heterocycles. The topological polar surface area (TPSA) is 65.8 Å². The Morgan fingerprint density at radius 1 is 1.65 bits per heavy atom. The lowest BCUT2D eigenvalue weighted by Crippen LogP contribution is -2.48. The zero-order chi connectivity index (χ0) is 12.3. The van der Waals surface area contributed by atoms with Gasteiger partial charge in [-0.3, -0.25) is 0 Å². The van der Waals surface area contributed by atoms with Gasteiger partial charge < -0.3 is 19.8 Å². The molecule has 2 rings (SSSR count). The van der Waals surface area contributed by atoms with Gasteiger partial charge in [-0.15, -0.1) is 0 Å². The molecule has 5 heteroatoms. The zero-order valence-electron chi connectivity index (χ0n) is 9.91. The Kier molecular flexibility index (Phi) is 3.93. The van der Waals surface area contributed by atoms with E-state index in [9.17, 15) is 10.2 Å². The highest BCUT2D eigenvalue weighted by atomic mass is 16.5. The highest BCUT2D eigenvalue weighted by Crippen LogP contribution is 2.21. The lowest BCUT2D eigenvalue weighted by molar-refractivity contribution is 0.0722. The van der Waals surface area contributed by atoms with Gasteiger partial charge >= 0.3 is 0 Å². The molecule has 0 bridgehead atoms. The largest absolute Gasteiger partial charge is 0.394 e. The van der Waals surface area contributed by atoms with Gasteiger partial charge in [-0.1, -0.05) is 0 Å². The van der Waals surface area contributed by atoms with E-state index in [0.29, 0.717) is 19.8 Å². The van der Waals surface area contributed by atoms with Crippen molar-refractivity contribution >= 4 is 5.82 Å². The first-order chi connectivity index (χ1) is 8.22. The van der Waals surface area contributed by atoms with E-state index in [1.807, 2.05) is 11.0 Å². The van der Waals surface area contributed by atoms with Crippen LogP contribution in [0.4, 0.5) is 5.82 Å². The van der Waals surface area contributed by atoms with E-state index in [0.717, 1.165) is 11.4 Å². The van der Waals surface area contributed by atoms with Crippen LogP contribution >= 0.6 is 0 Å². The summed E-state index contributed by atoms with van der Waals surface area (Å²) in [7, 11) is 0. The van der Waals surface area contributed by atoms with Crippen LogP contribution in [0, 0.1) is 0 Å². The SMILES string of the molecule is C[C@H](O)c1ccnc(N2CCOCC2CO)c1. The van der Waals surface area contributed by atoms with Gasteiger partial charge in [0.2, 0.25) is 0 Å². The third kappa shape index (κ3) is 2.74. The molecule has 1 aliphatic rings. The number of morpholine rings is 1. The number of aliphatic hydroxyl groups excluding tert-OH is 2. The predicted molar refractivity (Wildman–Crippen MR) is 63.9 cm³/mol. The molecule has 0 radical (unpaired) electrons. The molecule has 2 atom stereocenters. The smallest absolute Gasteiger partial charge is 0.129 e. The second kappa shape index (κ2) is 5.44. The fourth-order valence-electron chi connectivity index (χ4n) is 1.96. The van der Waals surface area contributed by atoms with Gasteiger partial charge in [0, 0.05) is 12.7 Å². The Labute approximate surface area is 101 Å². The monoisotopic (exact) mass is 238 g/mol. The minimum atomic E-state index is -0.509. The maximum absolute atomic E-state index is 9.55. The number of hydrogen-bond acceptors (Lipinski definition) is 5. The molecular weight excluding hydrogens is 220 g/mol. The van der Waals surface area contributed by atoms with Crippen LogP contribution in [0.25, 0.3) is 0 Å². The number of hydrogen-bond donors (Lipinski definition) is 2. The Morgan fingerprint density at radius 2 is 2.47 bits per heavy atom. The average molecular weight is 238 g/mol. The molecule has 0 aromatic carbocycles. The van der Waals surface area contributed by atoms with E-state index in [1.54, 1.807) is 19.2 Å². The van der Waals surface area contributed by atoms with Crippen LogP contribution in [-0.2, 0) is 4.74 Å². The van der Waals surface area contributed by atoms with E-state index in [-0.39, 0.29) is 12.6 Å². The molecule has 1 saturated heterocycles. The average Bonchev–Trinajstić information content (AvgIpc) is 2.39. The molecule has 1 unspecified atom stereocenters. The summed E-state index contributed by atoms with van der Waals surface area (Å²) < 4.78 is 5.32. The van der Waals surface area contributed by atoms with Crippen molar-refractivity contribution in [1.29, 1.82) is 0 Å². The van der Waals surface area contributed by atoms with Gasteiger partial charge in [-0.25, -0.2) is 4.98 Å². The van der Waals surface area contributed by atoms with Crippen LogP contribution in [0.3, 0.4) is 0 Å². The summed E-state index contributed by atoms with van der Waals surface area (Å²) in [6.45, 7) is 3.62. The van der Waals surface area contributed by atoms with Crippen LogP contribution in [0.15, 0.2) is 18.3 Å². The fourth-order valence-corrected chi connectivity index (χ4v) is 1.96. The van der Waals surface area contributed by atoms with Crippen molar-refractivity contribution in [1.82, 2.24) is 4.98 Å². The highest BCUT2D eigenvalue weighted by molar-refractivity contribution is 5.43. The van der Waals surface area contributed by atoms with Crippen molar-refractivity contribution in [2.45, 2.75) is 19.1 Å². The molecule has 94 valence electrons. The minimum absolute atomic E-state index is 0.0422. The van der Waals surface area contributed by atoms with Crippen molar-refractivity contribution < 1.29 is 14.9 Å². The van der Waals surface area contributed by atoms with Gasteiger partial charge in [0.25, 0.3) is 0 Å². The van der Waals surface area contributed by atoms with Crippen molar-refractivity contribution in [3.05, 3.63) is 23.9 Å². The quantitative estimate of drug-likeness (QED) is 0.794. The van der Waals surface area contributed by atoms with E-state index >= 15 is 0 Å². The van der Waals surface area contributed by atoms with E-state index in [1.165, 1.54) is 0 Å². The fraction of sp³-hybridized carbons (Fsp3) is 0.583. The van der Waals surface area contributed by atoms with Crippen molar-refractivity contribution in [2.24, 2.45) is 0 Å². The lowest BCUT2D eigenvalue weighted by Gasteiger charge is -2.35. The number of nitrogens with zero attached hydrogens (tertiary/aromatic N) is 2. The summed E-state index contributed by atoms with van der Waals surface area (Å²) in [6.07, 6.45) is 1.17. The zero-order valence-corrected chi connectivity index (χ0v) is 9.91. The van der Waals surface area contributed by atoms with Crippen LogP contribution in [0.5, 0.6) is 0 Å². The highest BCUT2D eigenvalue weighted by Gasteiger charge is 2.23. The number of pyridine rings is 1. The van der Waals surface area contributed by atoms with E-state index in [4.69, 9.17) is 4.74 Å². The molecule has 0 aliphatic carbocycles. The van der Waals surface area contributed by atoms with E-state index < -0.39 is 6.10 Å². The molecule has 1 fully saturated rings. The summed E-state index contributed by atoms with van der Waals surface area (Å²) in [5, 5.41) is 18.9. The van der Waals surface area contributed by atoms with Gasteiger partial charge in [0.1, 0.15) is 5.82 Å². The Hall–Kier alpha value is -1.17. The normalized spacial score (nSPS) is 22.5. The molecule has 17 heavy (non-hydrogen) atoms. The summed E-state index contributed by atoms with van der Waals surface area (Å²) >= 11 is 0. The van der Waals surface area contributed by atoms with Crippen molar-refractivity contribution in [3.8, 4) is 0 Å². The number of aromatic nitrogens is 1. The van der Waals surface area contributed by atoms with Crippen LogP contribution in [0.2, 0.25) is 0 Å². The first kappa shape index (κ1) is 12.3. The Morgan fingerprint density at radius 3 is 3.18 bits per heavy atom. The molecule has 5 nitrogen and oxygen atoms in total. The Balaban J connectivity index is 2.22. The Bertz CT molecular complexity index is 371. The molecule has 1 aromatic rings. The third-order valence-corrected chi connectivity index (χ3v) is 2.98. The predicted octanol–water partition coefficient (Wildman–Crippen LogP) is 0.332. The number of rotatable bonds is 3. The van der Waals surface area contributed by atoms with Crippen LogP contribution < -0.4 is 4.90 Å². The van der Waals surface area contributed by atoms with Gasteiger partial charge in [-0.2, -0.15) is 0 Å². The number of aliphatic hydroxyl groups is 2. The molecule has 2 heterocycles. The first-order valence-electron chi connectivity index (χ1n) is 5.81. The third-order valence-electron chi connectivity index (χ3n) is 2.98. The van der Waals surface area contributed by atoms with Gasteiger partial charge in [0.05, 0.1) is 32.0 Å². The number of anilines is 1. The molecule has 0 saturated carbocycles. The van der Waals surface area contributed by atoms with Crippen LogP contribution in [-0.4, -0.2) is 47.6 Å². The summed E-state index contributed by atoms with van der Waals surface area (Å²) in [4.78, 5) is 6.32. The van der Waals surface area contributed by atoms with E-state index in [2.05, 4.69) is 4.98 Å². The summed E-state index contributed by atoms with van der Waals surface area (Å²) in [5.41, 5.74) is 0.832.